The zero-order valence-electron chi connectivity index (χ0n) is 67.8. The summed E-state index contributed by atoms with van der Waals surface area (Å²) in [6.45, 7) is 12.0. The number of phosphoric acid groups is 2. The smallest absolute Gasteiger partial charge is 0.462 e. The fraction of sp³-hybridized carbons (Fsp3) is 0.952. The van der Waals surface area contributed by atoms with Crippen molar-refractivity contribution in [1.82, 2.24) is 0 Å². The van der Waals surface area contributed by atoms with Crippen LogP contribution in [0.4, 0.5) is 0 Å². The van der Waals surface area contributed by atoms with E-state index in [1.807, 2.05) is 0 Å². The molecular weight excluding hydrogens is 1340 g/mol. The van der Waals surface area contributed by atoms with Crippen LogP contribution in [-0.4, -0.2) is 96.7 Å². The highest BCUT2D eigenvalue weighted by Crippen LogP contribution is 2.45. The third-order valence-electron chi connectivity index (χ3n) is 19.6. The van der Waals surface area contributed by atoms with Gasteiger partial charge in [-0.2, -0.15) is 0 Å². The summed E-state index contributed by atoms with van der Waals surface area (Å²) in [7, 11) is -9.93. The van der Waals surface area contributed by atoms with Crippen molar-refractivity contribution >= 4 is 39.5 Å². The average Bonchev–Trinajstić information content (AvgIpc) is 0.913. The SMILES string of the molecule is CCCCCCCCCCCCCCCCCCCCCCCC(=O)O[C@H](COC(=O)CCCCCCCCCCCCCCCCC(C)C)COP(=O)(O)OC[C@@H](O)COP(=O)(O)OC[C@@H](COC(=O)CCCCCCCCCCCC(C)C)OC(=O)CCCCCCCCCCCCC(C)C. The molecule has 2 unspecified atom stereocenters. The van der Waals surface area contributed by atoms with E-state index in [-0.39, 0.29) is 25.7 Å². The lowest BCUT2D eigenvalue weighted by Crippen LogP contribution is -2.30. The van der Waals surface area contributed by atoms with Crippen molar-refractivity contribution in [3.8, 4) is 0 Å². The first kappa shape index (κ1) is 101. The minimum atomic E-state index is -4.96. The lowest BCUT2D eigenvalue weighted by molar-refractivity contribution is -0.161. The second kappa shape index (κ2) is 74.2. The summed E-state index contributed by atoms with van der Waals surface area (Å²) >= 11 is 0. The van der Waals surface area contributed by atoms with Crippen LogP contribution in [0.3, 0.4) is 0 Å². The Kier molecular flexibility index (Phi) is 72.8. The minimum absolute atomic E-state index is 0.106. The second-order valence-corrected chi connectivity index (χ2v) is 34.6. The number of esters is 4. The molecule has 103 heavy (non-hydrogen) atoms. The standard InChI is InChI=1S/C84H164O17P2/c1-8-9-10-11-12-13-14-15-16-17-18-19-20-21-22-27-30-38-46-53-60-67-83(88)100-79(71-94-81(86)65-58-51-44-37-29-26-24-23-25-28-34-41-48-55-62-75(2)3)73-98-102(90,91)96-69-78(85)70-97-103(92,93)99-74-80(72-95-82(87)66-59-52-45-40-33-36-43-50-57-64-77(6)7)101-84(89)68-61-54-47-39-32-31-35-42-49-56-63-76(4)5/h75-80,85H,8-74H2,1-7H3,(H,90,91)(H,92,93)/t78-,79-,80-/m1/s1. The Morgan fingerprint density at radius 2 is 0.447 bits per heavy atom. The molecule has 0 aromatic carbocycles. The van der Waals surface area contributed by atoms with Crippen LogP contribution in [0, 0.1) is 17.8 Å². The highest BCUT2D eigenvalue weighted by atomic mass is 31.2. The number of ether oxygens (including phenoxy) is 4. The summed E-state index contributed by atoms with van der Waals surface area (Å²) in [5.74, 6) is 0.187. The summed E-state index contributed by atoms with van der Waals surface area (Å²) in [6, 6.07) is 0. The van der Waals surface area contributed by atoms with E-state index in [2.05, 4.69) is 48.5 Å². The fourth-order valence-electron chi connectivity index (χ4n) is 13.0. The predicted molar refractivity (Wildman–Crippen MR) is 423 cm³/mol. The summed E-state index contributed by atoms with van der Waals surface area (Å²) in [4.78, 5) is 73.1. The van der Waals surface area contributed by atoms with Crippen LogP contribution in [0.5, 0.6) is 0 Å². The molecule has 5 atom stereocenters. The number of unbranched alkanes of at least 4 members (excludes halogenated alkanes) is 50. The Morgan fingerprint density at radius 3 is 0.660 bits per heavy atom. The lowest BCUT2D eigenvalue weighted by atomic mass is 10.0. The molecule has 0 aliphatic rings. The van der Waals surface area contributed by atoms with Gasteiger partial charge in [0.25, 0.3) is 0 Å². The number of aliphatic hydroxyl groups excluding tert-OH is 1. The topological polar surface area (TPSA) is 237 Å². The average molecular weight is 1510 g/mol. The number of hydrogen-bond donors (Lipinski definition) is 3. The van der Waals surface area contributed by atoms with Gasteiger partial charge < -0.3 is 33.8 Å². The zero-order chi connectivity index (χ0) is 75.8. The van der Waals surface area contributed by atoms with E-state index in [4.69, 9.17) is 37.0 Å². The van der Waals surface area contributed by atoms with Crippen molar-refractivity contribution in [2.24, 2.45) is 17.8 Å². The largest absolute Gasteiger partial charge is 0.472 e. The first-order valence-corrected chi connectivity index (χ1v) is 46.3. The van der Waals surface area contributed by atoms with Crippen molar-refractivity contribution in [1.29, 1.82) is 0 Å². The van der Waals surface area contributed by atoms with Crippen LogP contribution in [0.2, 0.25) is 0 Å². The number of rotatable bonds is 82. The highest BCUT2D eigenvalue weighted by molar-refractivity contribution is 7.47. The summed E-state index contributed by atoms with van der Waals surface area (Å²) in [5.41, 5.74) is 0. The number of carbonyl (C=O) groups excluding carboxylic acids is 4. The van der Waals surface area contributed by atoms with Crippen LogP contribution in [0.15, 0.2) is 0 Å². The fourth-order valence-corrected chi connectivity index (χ4v) is 14.6. The van der Waals surface area contributed by atoms with Gasteiger partial charge in [0, 0.05) is 25.7 Å². The maximum absolute atomic E-state index is 13.1. The maximum Gasteiger partial charge on any atom is 0.472 e. The van der Waals surface area contributed by atoms with Crippen molar-refractivity contribution in [2.45, 2.75) is 458 Å². The van der Waals surface area contributed by atoms with E-state index in [0.717, 1.165) is 108 Å². The minimum Gasteiger partial charge on any atom is -0.462 e. The van der Waals surface area contributed by atoms with Crippen LogP contribution in [0.25, 0.3) is 0 Å². The van der Waals surface area contributed by atoms with E-state index < -0.39 is 97.5 Å². The Labute approximate surface area is 632 Å². The van der Waals surface area contributed by atoms with Gasteiger partial charge in [0.15, 0.2) is 12.2 Å². The molecule has 0 spiro atoms. The number of phosphoric ester groups is 2. The first-order chi connectivity index (χ1) is 49.7. The Bertz CT molecular complexity index is 1990. The summed E-state index contributed by atoms with van der Waals surface area (Å²) in [5, 5.41) is 10.7. The molecule has 0 aromatic heterocycles. The maximum atomic E-state index is 13.1. The van der Waals surface area contributed by atoms with Crippen LogP contribution in [-0.2, 0) is 65.4 Å². The first-order valence-electron chi connectivity index (χ1n) is 43.3. The molecule has 0 aromatic rings. The van der Waals surface area contributed by atoms with E-state index in [1.165, 1.54) is 250 Å². The van der Waals surface area contributed by atoms with Crippen LogP contribution >= 0.6 is 15.6 Å². The molecule has 0 heterocycles. The lowest BCUT2D eigenvalue weighted by Gasteiger charge is -2.21. The van der Waals surface area contributed by atoms with Crippen molar-refractivity contribution in [3.63, 3.8) is 0 Å². The van der Waals surface area contributed by atoms with E-state index in [0.29, 0.717) is 25.7 Å². The third-order valence-corrected chi connectivity index (χ3v) is 21.5. The Morgan fingerprint density at radius 1 is 0.262 bits per heavy atom. The number of aliphatic hydroxyl groups is 1. The molecule has 3 N–H and O–H groups in total. The number of carbonyl (C=O) groups is 4. The summed E-state index contributed by atoms with van der Waals surface area (Å²) in [6.07, 6.45) is 63.9. The normalized spacial score (nSPS) is 13.9. The van der Waals surface area contributed by atoms with E-state index in [1.54, 1.807) is 0 Å². The second-order valence-electron chi connectivity index (χ2n) is 31.6. The van der Waals surface area contributed by atoms with Gasteiger partial charge in [-0.05, 0) is 43.4 Å². The van der Waals surface area contributed by atoms with Crippen molar-refractivity contribution in [2.75, 3.05) is 39.6 Å². The molecule has 612 valence electrons. The van der Waals surface area contributed by atoms with Gasteiger partial charge in [-0.1, -0.05) is 389 Å². The zero-order valence-corrected chi connectivity index (χ0v) is 69.6. The van der Waals surface area contributed by atoms with Gasteiger partial charge in [-0.25, -0.2) is 9.13 Å². The molecule has 0 amide bonds. The molecule has 0 bridgehead atoms. The van der Waals surface area contributed by atoms with E-state index in [9.17, 15) is 43.2 Å². The van der Waals surface area contributed by atoms with Gasteiger partial charge in [-0.3, -0.25) is 37.3 Å². The molecule has 17 nitrogen and oxygen atoms in total. The molecule has 0 rings (SSSR count). The van der Waals surface area contributed by atoms with E-state index >= 15 is 0 Å². The predicted octanol–water partition coefficient (Wildman–Crippen LogP) is 25.3. The van der Waals surface area contributed by atoms with Gasteiger partial charge in [0.1, 0.15) is 19.3 Å². The molecule has 0 aliphatic carbocycles. The number of hydrogen-bond acceptors (Lipinski definition) is 15. The molecule has 0 saturated heterocycles. The molecule has 0 aliphatic heterocycles. The molecular formula is C84H164O17P2. The molecule has 0 radical (unpaired) electrons. The molecule has 0 saturated carbocycles. The van der Waals surface area contributed by atoms with Crippen LogP contribution in [0.1, 0.15) is 440 Å². The Hall–Kier alpha value is -1.94. The van der Waals surface area contributed by atoms with Gasteiger partial charge in [0.2, 0.25) is 0 Å². The monoisotopic (exact) mass is 1510 g/mol. The van der Waals surface area contributed by atoms with Gasteiger partial charge in [0.05, 0.1) is 26.4 Å². The highest BCUT2D eigenvalue weighted by Gasteiger charge is 2.30. The van der Waals surface area contributed by atoms with Gasteiger partial charge >= 0.3 is 39.5 Å². The Balaban J connectivity index is 5.24. The molecule has 19 heteroatoms. The van der Waals surface area contributed by atoms with Crippen molar-refractivity contribution in [3.05, 3.63) is 0 Å². The quantitative estimate of drug-likeness (QED) is 0.0222. The van der Waals surface area contributed by atoms with Crippen molar-refractivity contribution < 1.29 is 80.2 Å². The summed E-state index contributed by atoms with van der Waals surface area (Å²) < 4.78 is 68.8. The third kappa shape index (κ3) is 78.0. The van der Waals surface area contributed by atoms with Gasteiger partial charge in [-0.15, -0.1) is 0 Å². The van der Waals surface area contributed by atoms with Crippen LogP contribution < -0.4 is 0 Å². The molecule has 0 fully saturated rings.